The number of nitrogens with zero attached hydrogens (tertiary/aromatic N) is 1. The molecule has 20 heavy (non-hydrogen) atoms. The second kappa shape index (κ2) is 7.17. The highest BCUT2D eigenvalue weighted by atomic mass is 19.1. The van der Waals surface area contributed by atoms with Gasteiger partial charge in [-0.2, -0.15) is 0 Å². The van der Waals surface area contributed by atoms with E-state index >= 15 is 0 Å². The van der Waals surface area contributed by atoms with E-state index in [1.807, 2.05) is 11.9 Å². The lowest BCUT2D eigenvalue weighted by Crippen LogP contribution is -2.36. The van der Waals surface area contributed by atoms with Crippen LogP contribution in [0.3, 0.4) is 0 Å². The van der Waals surface area contributed by atoms with Crippen molar-refractivity contribution in [3.8, 4) is 0 Å². The summed E-state index contributed by atoms with van der Waals surface area (Å²) in [7, 11) is 0.275. The fourth-order valence-corrected chi connectivity index (χ4v) is 2.07. The molecule has 0 heterocycles. The minimum absolute atomic E-state index is 0.218. The van der Waals surface area contributed by atoms with Crippen LogP contribution in [0.5, 0.6) is 0 Å². The fraction of sp³-hybridized carbons (Fsp3) is 0.571. The molecule has 4 nitrogen and oxygen atoms in total. The predicted molar refractivity (Wildman–Crippen MR) is 76.1 cm³/mol. The lowest BCUT2D eigenvalue weighted by molar-refractivity contribution is 0.102. The van der Waals surface area contributed by atoms with Crippen LogP contribution in [0.1, 0.15) is 18.4 Å². The van der Waals surface area contributed by atoms with Crippen LogP contribution in [0, 0.1) is 11.7 Å². The molecule has 0 radical (unpaired) electrons. The van der Waals surface area contributed by atoms with Crippen molar-refractivity contribution in [1.82, 2.24) is 4.90 Å². The molecule has 1 fully saturated rings. The van der Waals surface area contributed by atoms with Crippen LogP contribution in [0.15, 0.2) is 18.2 Å². The first-order chi connectivity index (χ1) is 9.56. The molecule has 0 saturated heterocycles. The molecular formula is C14H21BFNO3. The minimum Gasteiger partial charge on any atom is -0.423 e. The minimum atomic E-state index is -1.65. The summed E-state index contributed by atoms with van der Waals surface area (Å²) in [6, 6.07) is 4.09. The van der Waals surface area contributed by atoms with Gasteiger partial charge < -0.3 is 14.8 Å². The number of hydrogen-bond donors (Lipinski definition) is 2. The maximum atomic E-state index is 13.1. The van der Waals surface area contributed by atoms with Crippen molar-refractivity contribution in [2.45, 2.75) is 19.4 Å². The molecule has 6 heteroatoms. The first-order valence-corrected chi connectivity index (χ1v) is 6.97. The van der Waals surface area contributed by atoms with E-state index in [1.165, 1.54) is 18.9 Å². The second-order valence-corrected chi connectivity index (χ2v) is 5.47. The van der Waals surface area contributed by atoms with Gasteiger partial charge in [0.2, 0.25) is 0 Å². The Morgan fingerprint density at radius 2 is 2.15 bits per heavy atom. The summed E-state index contributed by atoms with van der Waals surface area (Å²) in [5.74, 6) is 0.292. The number of benzene rings is 1. The van der Waals surface area contributed by atoms with Crippen molar-refractivity contribution < 1.29 is 19.2 Å². The monoisotopic (exact) mass is 281 g/mol. The molecule has 0 unspecified atom stereocenters. The van der Waals surface area contributed by atoms with E-state index in [9.17, 15) is 14.4 Å². The van der Waals surface area contributed by atoms with E-state index in [2.05, 4.69) is 0 Å². The Morgan fingerprint density at radius 3 is 2.80 bits per heavy atom. The van der Waals surface area contributed by atoms with Gasteiger partial charge in [-0.15, -0.1) is 0 Å². The number of rotatable bonds is 8. The zero-order valence-corrected chi connectivity index (χ0v) is 11.8. The summed E-state index contributed by atoms with van der Waals surface area (Å²) in [4.78, 5) is 2.02. The van der Waals surface area contributed by atoms with Gasteiger partial charge in [-0.3, -0.25) is 4.90 Å². The smallest absolute Gasteiger partial charge is 0.423 e. The highest BCUT2D eigenvalue weighted by molar-refractivity contribution is 6.59. The molecule has 2 rings (SSSR count). The van der Waals surface area contributed by atoms with Gasteiger partial charge in [0.25, 0.3) is 0 Å². The Morgan fingerprint density at radius 1 is 1.40 bits per heavy atom. The zero-order valence-electron chi connectivity index (χ0n) is 11.8. The normalized spacial score (nSPS) is 14.8. The molecule has 0 bridgehead atoms. The van der Waals surface area contributed by atoms with Crippen molar-refractivity contribution in [2.24, 2.45) is 5.92 Å². The molecular weight excluding hydrogens is 260 g/mol. The van der Waals surface area contributed by atoms with Gasteiger partial charge in [0.1, 0.15) is 5.82 Å². The van der Waals surface area contributed by atoms with Gasteiger partial charge in [-0.1, -0.05) is 6.07 Å². The predicted octanol–water partition coefficient (Wildman–Crippen LogP) is 0.364. The van der Waals surface area contributed by atoms with Gasteiger partial charge in [0, 0.05) is 19.7 Å². The summed E-state index contributed by atoms with van der Waals surface area (Å²) < 4.78 is 18.7. The molecule has 1 aliphatic rings. The molecule has 110 valence electrons. The third kappa shape index (κ3) is 4.87. The number of likely N-dealkylation sites (N-methyl/N-ethyl adjacent to an activating group) is 1. The maximum Gasteiger partial charge on any atom is 0.488 e. The van der Waals surface area contributed by atoms with Crippen molar-refractivity contribution in [3.05, 3.63) is 29.6 Å². The van der Waals surface area contributed by atoms with Crippen molar-refractivity contribution >= 4 is 12.6 Å². The number of halogens is 1. The molecule has 2 N–H and O–H groups in total. The highest BCUT2D eigenvalue weighted by Crippen LogP contribution is 2.28. The van der Waals surface area contributed by atoms with E-state index in [4.69, 9.17) is 4.74 Å². The number of ether oxygens (including phenoxy) is 1. The third-order valence-electron chi connectivity index (χ3n) is 3.49. The summed E-state index contributed by atoms with van der Waals surface area (Å²) >= 11 is 0. The van der Waals surface area contributed by atoms with Gasteiger partial charge in [0.15, 0.2) is 0 Å². The first kappa shape index (κ1) is 15.4. The van der Waals surface area contributed by atoms with E-state index < -0.39 is 12.9 Å². The lowest BCUT2D eigenvalue weighted by Gasteiger charge is -2.19. The summed E-state index contributed by atoms with van der Waals surface area (Å²) in [6.45, 7) is 2.78. The Bertz CT molecular complexity index is 440. The van der Waals surface area contributed by atoms with Crippen LogP contribution in [-0.4, -0.2) is 48.9 Å². The second-order valence-electron chi connectivity index (χ2n) is 5.47. The number of hydrogen-bond acceptors (Lipinski definition) is 4. The van der Waals surface area contributed by atoms with Crippen molar-refractivity contribution in [1.29, 1.82) is 0 Å². The molecule has 1 aliphatic carbocycles. The molecule has 0 spiro atoms. The standard InChI is InChI=1S/C14H21BFNO3/c1-17(6-7-20-10-11-2-3-11)9-12-4-5-13(16)8-14(12)15(18)19/h4-5,8,11,18-19H,2-3,6-7,9-10H2,1H3. The summed E-state index contributed by atoms with van der Waals surface area (Å²) in [5, 5.41) is 18.5. The van der Waals surface area contributed by atoms with Crippen LogP contribution in [0.25, 0.3) is 0 Å². The lowest BCUT2D eigenvalue weighted by atomic mass is 9.77. The van der Waals surface area contributed by atoms with Crippen molar-refractivity contribution in [3.63, 3.8) is 0 Å². The highest BCUT2D eigenvalue weighted by Gasteiger charge is 2.21. The molecule has 1 aromatic rings. The average molecular weight is 281 g/mol. The van der Waals surface area contributed by atoms with Gasteiger partial charge in [-0.25, -0.2) is 4.39 Å². The summed E-state index contributed by atoms with van der Waals surface area (Å²) in [5.41, 5.74) is 0.932. The SMILES string of the molecule is CN(CCOCC1CC1)Cc1ccc(F)cc1B(O)O. The van der Waals surface area contributed by atoms with Crippen LogP contribution in [-0.2, 0) is 11.3 Å². The third-order valence-corrected chi connectivity index (χ3v) is 3.49. The molecule has 0 amide bonds. The van der Waals surface area contributed by atoms with Crippen molar-refractivity contribution in [2.75, 3.05) is 26.8 Å². The van der Waals surface area contributed by atoms with E-state index in [0.29, 0.717) is 18.7 Å². The molecule has 0 aromatic heterocycles. The van der Waals surface area contributed by atoms with Gasteiger partial charge in [0.05, 0.1) is 6.61 Å². The molecule has 0 atom stereocenters. The Hall–Kier alpha value is -0.945. The molecule has 1 saturated carbocycles. The van der Waals surface area contributed by atoms with Crippen LogP contribution >= 0.6 is 0 Å². The van der Waals surface area contributed by atoms with E-state index in [0.717, 1.165) is 25.1 Å². The van der Waals surface area contributed by atoms with Crippen LogP contribution < -0.4 is 5.46 Å². The average Bonchev–Trinajstić information content (AvgIpc) is 3.21. The first-order valence-electron chi connectivity index (χ1n) is 6.97. The van der Waals surface area contributed by atoms with Crippen LogP contribution in [0.4, 0.5) is 4.39 Å². The largest absolute Gasteiger partial charge is 0.488 e. The Balaban J connectivity index is 1.81. The van der Waals surface area contributed by atoms with E-state index in [1.54, 1.807) is 6.07 Å². The Kier molecular flexibility index (Phi) is 5.54. The summed E-state index contributed by atoms with van der Waals surface area (Å²) in [6.07, 6.45) is 2.56. The zero-order chi connectivity index (χ0) is 14.5. The maximum absolute atomic E-state index is 13.1. The fourth-order valence-electron chi connectivity index (χ4n) is 2.07. The molecule has 0 aliphatic heterocycles. The topological polar surface area (TPSA) is 52.9 Å². The van der Waals surface area contributed by atoms with Gasteiger partial charge >= 0.3 is 7.12 Å². The van der Waals surface area contributed by atoms with Crippen LogP contribution in [0.2, 0.25) is 0 Å². The van der Waals surface area contributed by atoms with E-state index in [-0.39, 0.29) is 5.46 Å². The van der Waals surface area contributed by atoms with Gasteiger partial charge in [-0.05, 0) is 49.0 Å². The Labute approximate surface area is 119 Å². The molecule has 1 aromatic carbocycles. The quantitative estimate of drug-likeness (QED) is 0.534.